The zero-order valence-electron chi connectivity index (χ0n) is 15.1. The molecular weight excluding hydrogens is 360 g/mol. The Bertz CT molecular complexity index is 737. The summed E-state index contributed by atoms with van der Waals surface area (Å²) < 4.78 is 36.8. The van der Waals surface area contributed by atoms with Gasteiger partial charge in [-0.25, -0.2) is 8.42 Å². The van der Waals surface area contributed by atoms with E-state index < -0.39 is 29.1 Å². The van der Waals surface area contributed by atoms with Crippen LogP contribution in [0.1, 0.15) is 19.4 Å². The summed E-state index contributed by atoms with van der Waals surface area (Å²) in [6.07, 6.45) is -0.167. The van der Waals surface area contributed by atoms with Gasteiger partial charge in [-0.3, -0.25) is 9.59 Å². The van der Waals surface area contributed by atoms with Gasteiger partial charge in [-0.05, 0) is 32.9 Å². The minimum atomic E-state index is -3.81. The molecule has 2 rings (SSSR count). The molecular formula is C17H24N2O6S. The van der Waals surface area contributed by atoms with Crippen molar-refractivity contribution in [1.29, 1.82) is 0 Å². The average molecular weight is 384 g/mol. The highest BCUT2D eigenvalue weighted by atomic mass is 32.2. The monoisotopic (exact) mass is 384 g/mol. The molecule has 1 heterocycles. The molecule has 144 valence electrons. The zero-order valence-corrected chi connectivity index (χ0v) is 15.9. The molecule has 9 heteroatoms. The quantitative estimate of drug-likeness (QED) is 0.715. The lowest BCUT2D eigenvalue weighted by Crippen LogP contribution is -2.49. The SMILES string of the molecule is Cc1ccc(S(=O)(=O)NCC(=O)OCC(=O)N2C[C@@H](C)O[C@@H](C)C2)cc1. The number of ether oxygens (including phenoxy) is 2. The number of amides is 1. The number of sulfonamides is 1. The fourth-order valence-electron chi connectivity index (χ4n) is 2.62. The van der Waals surface area contributed by atoms with Crippen molar-refractivity contribution in [3.05, 3.63) is 29.8 Å². The molecule has 1 aromatic carbocycles. The molecule has 2 atom stereocenters. The number of carbonyl (C=O) groups excluding carboxylic acids is 2. The van der Waals surface area contributed by atoms with Gasteiger partial charge in [0.15, 0.2) is 6.61 Å². The molecule has 0 bridgehead atoms. The lowest BCUT2D eigenvalue weighted by atomic mass is 10.2. The highest BCUT2D eigenvalue weighted by Gasteiger charge is 2.26. The Hall–Kier alpha value is -1.97. The van der Waals surface area contributed by atoms with Gasteiger partial charge >= 0.3 is 5.97 Å². The Kier molecular flexibility index (Phi) is 6.74. The number of carbonyl (C=O) groups is 2. The highest BCUT2D eigenvalue weighted by Crippen LogP contribution is 2.11. The molecule has 0 aliphatic carbocycles. The van der Waals surface area contributed by atoms with Gasteiger partial charge in [0.1, 0.15) is 6.54 Å². The van der Waals surface area contributed by atoms with E-state index in [1.807, 2.05) is 20.8 Å². The van der Waals surface area contributed by atoms with Crippen molar-refractivity contribution < 1.29 is 27.5 Å². The maximum absolute atomic E-state index is 12.1. The summed E-state index contributed by atoms with van der Waals surface area (Å²) in [6.45, 7) is 5.46. The minimum Gasteiger partial charge on any atom is -0.455 e. The van der Waals surface area contributed by atoms with Crippen LogP contribution in [-0.2, 0) is 29.1 Å². The first-order valence-electron chi connectivity index (χ1n) is 8.32. The van der Waals surface area contributed by atoms with E-state index in [-0.39, 0.29) is 23.0 Å². The van der Waals surface area contributed by atoms with Gasteiger partial charge in [0, 0.05) is 13.1 Å². The van der Waals surface area contributed by atoms with E-state index in [1.54, 1.807) is 17.0 Å². The standard InChI is InChI=1S/C17H24N2O6S/c1-12-4-6-15(7-5-12)26(22,23)18-8-17(21)24-11-16(20)19-9-13(2)25-14(3)10-19/h4-7,13-14,18H,8-11H2,1-3H3/t13-,14+. The smallest absolute Gasteiger partial charge is 0.321 e. The first-order valence-corrected chi connectivity index (χ1v) is 9.81. The van der Waals surface area contributed by atoms with Crippen molar-refractivity contribution in [3.63, 3.8) is 0 Å². The number of hydrogen-bond donors (Lipinski definition) is 1. The van der Waals surface area contributed by atoms with E-state index in [0.717, 1.165) is 5.56 Å². The van der Waals surface area contributed by atoms with E-state index in [9.17, 15) is 18.0 Å². The molecule has 1 aliphatic rings. The minimum absolute atomic E-state index is 0.0586. The second kappa shape index (κ2) is 8.61. The Morgan fingerprint density at radius 3 is 2.35 bits per heavy atom. The molecule has 1 aromatic rings. The van der Waals surface area contributed by atoms with Crippen LogP contribution < -0.4 is 4.72 Å². The Morgan fingerprint density at radius 1 is 1.19 bits per heavy atom. The summed E-state index contributed by atoms with van der Waals surface area (Å²) in [4.78, 5) is 25.5. The van der Waals surface area contributed by atoms with E-state index >= 15 is 0 Å². The third-order valence-electron chi connectivity index (χ3n) is 3.87. The Morgan fingerprint density at radius 2 is 1.77 bits per heavy atom. The van der Waals surface area contributed by atoms with Gasteiger partial charge in [0.2, 0.25) is 10.0 Å². The van der Waals surface area contributed by atoms with Gasteiger partial charge in [-0.1, -0.05) is 17.7 Å². The van der Waals surface area contributed by atoms with E-state index in [1.165, 1.54) is 12.1 Å². The summed E-state index contributed by atoms with van der Waals surface area (Å²) in [5.41, 5.74) is 0.925. The van der Waals surface area contributed by atoms with Crippen LogP contribution in [0.25, 0.3) is 0 Å². The molecule has 1 saturated heterocycles. The van der Waals surface area contributed by atoms with Crippen LogP contribution in [0.5, 0.6) is 0 Å². The molecule has 1 aliphatic heterocycles. The third-order valence-corrected chi connectivity index (χ3v) is 5.28. The number of morpholine rings is 1. The fraction of sp³-hybridized carbons (Fsp3) is 0.529. The van der Waals surface area contributed by atoms with Crippen molar-refractivity contribution in [2.75, 3.05) is 26.2 Å². The van der Waals surface area contributed by atoms with Crippen molar-refractivity contribution in [1.82, 2.24) is 9.62 Å². The molecule has 0 spiro atoms. The highest BCUT2D eigenvalue weighted by molar-refractivity contribution is 7.89. The number of nitrogens with zero attached hydrogens (tertiary/aromatic N) is 1. The third kappa shape index (κ3) is 5.79. The number of hydrogen-bond acceptors (Lipinski definition) is 6. The molecule has 8 nitrogen and oxygen atoms in total. The van der Waals surface area contributed by atoms with Crippen molar-refractivity contribution in [2.24, 2.45) is 0 Å². The maximum Gasteiger partial charge on any atom is 0.321 e. The largest absolute Gasteiger partial charge is 0.455 e. The van der Waals surface area contributed by atoms with Gasteiger partial charge < -0.3 is 14.4 Å². The summed E-state index contributed by atoms with van der Waals surface area (Å²) in [6, 6.07) is 6.23. The van der Waals surface area contributed by atoms with Gasteiger partial charge in [-0.15, -0.1) is 0 Å². The molecule has 26 heavy (non-hydrogen) atoms. The van der Waals surface area contributed by atoms with E-state index in [2.05, 4.69) is 4.72 Å². The van der Waals surface area contributed by atoms with Crippen molar-refractivity contribution >= 4 is 21.9 Å². The van der Waals surface area contributed by atoms with E-state index in [0.29, 0.717) is 13.1 Å². The Labute approximate surface area is 153 Å². The van der Waals surface area contributed by atoms with Crippen LogP contribution in [0.2, 0.25) is 0 Å². The van der Waals surface area contributed by atoms with Gasteiger partial charge in [0.05, 0.1) is 17.1 Å². The lowest BCUT2D eigenvalue weighted by molar-refractivity contribution is -0.156. The van der Waals surface area contributed by atoms with Crippen LogP contribution in [0.4, 0.5) is 0 Å². The van der Waals surface area contributed by atoms with Crippen LogP contribution >= 0.6 is 0 Å². The molecule has 1 amide bonds. The summed E-state index contributed by atoms with van der Waals surface area (Å²) >= 11 is 0. The zero-order chi connectivity index (χ0) is 19.3. The van der Waals surface area contributed by atoms with Crippen LogP contribution in [0, 0.1) is 6.92 Å². The van der Waals surface area contributed by atoms with Crippen LogP contribution in [-0.4, -0.2) is 63.6 Å². The van der Waals surface area contributed by atoms with Crippen LogP contribution in [0.3, 0.4) is 0 Å². The normalized spacial score (nSPS) is 20.7. The molecule has 1 N–H and O–H groups in total. The van der Waals surface area contributed by atoms with Crippen molar-refractivity contribution in [3.8, 4) is 0 Å². The number of esters is 1. The van der Waals surface area contributed by atoms with Crippen LogP contribution in [0.15, 0.2) is 29.2 Å². The topological polar surface area (TPSA) is 102 Å². The molecule has 0 saturated carbocycles. The van der Waals surface area contributed by atoms with Gasteiger partial charge in [0.25, 0.3) is 5.91 Å². The second-order valence-electron chi connectivity index (χ2n) is 6.35. The van der Waals surface area contributed by atoms with E-state index in [4.69, 9.17) is 9.47 Å². The average Bonchev–Trinajstić information content (AvgIpc) is 2.57. The summed E-state index contributed by atoms with van der Waals surface area (Å²) in [7, 11) is -3.81. The molecule has 1 fully saturated rings. The second-order valence-corrected chi connectivity index (χ2v) is 8.12. The number of aryl methyl sites for hydroxylation is 1. The molecule has 0 aromatic heterocycles. The predicted octanol–water partition coefficient (Wildman–Crippen LogP) is 0.452. The number of benzene rings is 1. The van der Waals surface area contributed by atoms with Gasteiger partial charge in [-0.2, -0.15) is 4.72 Å². The maximum atomic E-state index is 12.1. The summed E-state index contributed by atoms with van der Waals surface area (Å²) in [5.74, 6) is -1.15. The first-order chi connectivity index (χ1) is 12.2. The predicted molar refractivity (Wildman–Crippen MR) is 93.9 cm³/mol. The molecule has 0 radical (unpaired) electrons. The van der Waals surface area contributed by atoms with Crippen molar-refractivity contribution in [2.45, 2.75) is 37.9 Å². The lowest BCUT2D eigenvalue weighted by Gasteiger charge is -2.35. The molecule has 0 unspecified atom stereocenters. The first kappa shape index (κ1) is 20.3. The summed E-state index contributed by atoms with van der Waals surface area (Å²) in [5, 5.41) is 0. The fourth-order valence-corrected chi connectivity index (χ4v) is 3.59. The Balaban J connectivity index is 1.79. The number of rotatable bonds is 6. The number of nitrogens with one attached hydrogen (secondary N) is 1.